The lowest BCUT2D eigenvalue weighted by atomic mass is 10.1. The molecule has 0 saturated carbocycles. The zero-order chi connectivity index (χ0) is 19.3. The van der Waals surface area contributed by atoms with Crippen molar-refractivity contribution >= 4 is 5.82 Å². The molecular formula is C22H21N5O. The van der Waals surface area contributed by atoms with Crippen LogP contribution < -0.4 is 10.5 Å². The molecule has 0 amide bonds. The van der Waals surface area contributed by atoms with Crippen LogP contribution in [0.15, 0.2) is 73.1 Å². The van der Waals surface area contributed by atoms with Gasteiger partial charge in [-0.15, -0.1) is 5.10 Å². The average molecular weight is 371 g/mol. The predicted molar refractivity (Wildman–Crippen MR) is 109 cm³/mol. The Balaban J connectivity index is 1.40. The third kappa shape index (κ3) is 4.01. The molecule has 6 nitrogen and oxygen atoms in total. The van der Waals surface area contributed by atoms with Crippen LogP contribution >= 0.6 is 0 Å². The molecule has 0 saturated heterocycles. The van der Waals surface area contributed by atoms with E-state index in [1.54, 1.807) is 10.9 Å². The largest absolute Gasteiger partial charge is 0.489 e. The van der Waals surface area contributed by atoms with Crippen LogP contribution in [-0.4, -0.2) is 20.0 Å². The highest BCUT2D eigenvalue weighted by Crippen LogP contribution is 2.21. The number of rotatable bonds is 6. The van der Waals surface area contributed by atoms with Crippen LogP contribution in [0, 0.1) is 6.92 Å². The molecule has 0 aliphatic heterocycles. The number of ether oxygens (including phenoxy) is 1. The van der Waals surface area contributed by atoms with Gasteiger partial charge in [0.2, 0.25) is 0 Å². The summed E-state index contributed by atoms with van der Waals surface area (Å²) in [6, 6.07) is 20.0. The third-order valence-electron chi connectivity index (χ3n) is 4.58. The van der Waals surface area contributed by atoms with Gasteiger partial charge in [-0.3, -0.25) is 0 Å². The van der Waals surface area contributed by atoms with Crippen molar-refractivity contribution in [2.45, 2.75) is 20.1 Å². The molecule has 6 heteroatoms. The molecule has 28 heavy (non-hydrogen) atoms. The first-order valence-corrected chi connectivity index (χ1v) is 9.06. The number of anilines is 1. The van der Waals surface area contributed by atoms with E-state index < -0.39 is 0 Å². The van der Waals surface area contributed by atoms with Crippen molar-refractivity contribution in [3.63, 3.8) is 0 Å². The molecule has 0 spiro atoms. The summed E-state index contributed by atoms with van der Waals surface area (Å²) in [5.74, 6) is 1.29. The smallest absolute Gasteiger partial charge is 0.132 e. The molecular weight excluding hydrogens is 350 g/mol. The van der Waals surface area contributed by atoms with Crippen molar-refractivity contribution < 1.29 is 4.74 Å². The van der Waals surface area contributed by atoms with Crippen LogP contribution in [0.4, 0.5) is 5.82 Å². The van der Waals surface area contributed by atoms with Gasteiger partial charge in [0.25, 0.3) is 0 Å². The monoisotopic (exact) mass is 371 g/mol. The first kappa shape index (κ1) is 17.7. The number of nitrogens with zero attached hydrogens (tertiary/aromatic N) is 4. The second kappa shape index (κ2) is 7.92. The molecule has 2 N–H and O–H groups in total. The normalized spacial score (nSPS) is 10.8. The van der Waals surface area contributed by atoms with E-state index in [0.29, 0.717) is 24.7 Å². The summed E-state index contributed by atoms with van der Waals surface area (Å²) in [5, 5.41) is 8.39. The van der Waals surface area contributed by atoms with E-state index in [2.05, 4.69) is 34.4 Å². The quantitative estimate of drug-likeness (QED) is 0.557. The summed E-state index contributed by atoms with van der Waals surface area (Å²) in [6.45, 7) is 3.27. The maximum Gasteiger partial charge on any atom is 0.132 e. The number of nitrogen functional groups attached to an aromatic ring is 1. The molecule has 0 radical (unpaired) electrons. The SMILES string of the molecule is Cc1ccccc1COc1ccc(Cn2cc(-c3cccnc3N)nn2)cc1. The molecule has 0 aliphatic carbocycles. The topological polar surface area (TPSA) is 78.9 Å². The molecule has 2 aromatic heterocycles. The summed E-state index contributed by atoms with van der Waals surface area (Å²) >= 11 is 0. The molecule has 140 valence electrons. The summed E-state index contributed by atoms with van der Waals surface area (Å²) in [6.07, 6.45) is 3.53. The molecule has 4 rings (SSSR count). The van der Waals surface area contributed by atoms with Crippen LogP contribution in [0.5, 0.6) is 5.75 Å². The number of benzene rings is 2. The van der Waals surface area contributed by atoms with Gasteiger partial charge in [0.15, 0.2) is 0 Å². The maximum absolute atomic E-state index is 5.91. The second-order valence-corrected chi connectivity index (χ2v) is 6.60. The molecule has 2 aromatic carbocycles. The summed E-state index contributed by atoms with van der Waals surface area (Å²) < 4.78 is 7.68. The first-order valence-electron chi connectivity index (χ1n) is 9.06. The van der Waals surface area contributed by atoms with Crippen molar-refractivity contribution in [2.24, 2.45) is 0 Å². The van der Waals surface area contributed by atoms with Crippen molar-refractivity contribution in [1.29, 1.82) is 0 Å². The van der Waals surface area contributed by atoms with Gasteiger partial charge in [0.1, 0.15) is 23.9 Å². The number of pyridine rings is 1. The van der Waals surface area contributed by atoms with Crippen molar-refractivity contribution in [2.75, 3.05) is 5.73 Å². The van der Waals surface area contributed by atoms with Gasteiger partial charge in [-0.25, -0.2) is 9.67 Å². The Morgan fingerprint density at radius 1 is 1.00 bits per heavy atom. The van der Waals surface area contributed by atoms with E-state index in [4.69, 9.17) is 10.5 Å². The van der Waals surface area contributed by atoms with Crippen LogP contribution in [0.3, 0.4) is 0 Å². The Morgan fingerprint density at radius 3 is 2.61 bits per heavy atom. The van der Waals surface area contributed by atoms with E-state index in [1.807, 2.05) is 54.7 Å². The average Bonchev–Trinajstić information content (AvgIpc) is 3.17. The fraction of sp³-hybridized carbons (Fsp3) is 0.136. The predicted octanol–water partition coefficient (Wildman–Crippen LogP) is 3.86. The second-order valence-electron chi connectivity index (χ2n) is 6.60. The number of aryl methyl sites for hydroxylation is 1. The Bertz CT molecular complexity index is 1070. The van der Waals surface area contributed by atoms with Gasteiger partial charge >= 0.3 is 0 Å². The standard InChI is InChI=1S/C22H21N5O/c1-16-5-2-3-6-18(16)15-28-19-10-8-17(9-11-19)13-27-14-21(25-26-27)20-7-4-12-24-22(20)23/h2-12,14H,13,15H2,1H3,(H2,23,24). The van der Waals surface area contributed by atoms with Crippen molar-refractivity contribution in [3.8, 4) is 17.0 Å². The van der Waals surface area contributed by atoms with Gasteiger partial charge in [0, 0.05) is 11.8 Å². The third-order valence-corrected chi connectivity index (χ3v) is 4.58. The van der Waals surface area contributed by atoms with Crippen LogP contribution in [0.2, 0.25) is 0 Å². The lowest BCUT2D eigenvalue weighted by Crippen LogP contribution is -2.01. The summed E-state index contributed by atoms with van der Waals surface area (Å²) in [4.78, 5) is 4.09. The Hall–Kier alpha value is -3.67. The molecule has 0 atom stereocenters. The fourth-order valence-electron chi connectivity index (χ4n) is 2.94. The lowest BCUT2D eigenvalue weighted by molar-refractivity contribution is 0.305. The molecule has 0 fully saturated rings. The lowest BCUT2D eigenvalue weighted by Gasteiger charge is -2.09. The van der Waals surface area contributed by atoms with Gasteiger partial charge in [-0.05, 0) is 47.9 Å². The van der Waals surface area contributed by atoms with Gasteiger partial charge in [-0.1, -0.05) is 41.6 Å². The van der Waals surface area contributed by atoms with Crippen LogP contribution in [0.25, 0.3) is 11.3 Å². The maximum atomic E-state index is 5.91. The van der Waals surface area contributed by atoms with Gasteiger partial charge in [0.05, 0.1) is 12.7 Å². The zero-order valence-corrected chi connectivity index (χ0v) is 15.6. The highest BCUT2D eigenvalue weighted by molar-refractivity contribution is 5.69. The van der Waals surface area contributed by atoms with Gasteiger partial charge in [-0.2, -0.15) is 0 Å². The van der Waals surface area contributed by atoms with E-state index in [0.717, 1.165) is 16.9 Å². The minimum atomic E-state index is 0.449. The zero-order valence-electron chi connectivity index (χ0n) is 15.6. The molecule has 0 bridgehead atoms. The molecule has 2 heterocycles. The highest BCUT2D eigenvalue weighted by Gasteiger charge is 2.08. The van der Waals surface area contributed by atoms with Crippen LogP contribution in [0.1, 0.15) is 16.7 Å². The fourth-order valence-corrected chi connectivity index (χ4v) is 2.94. The Kier molecular flexibility index (Phi) is 5.01. The highest BCUT2D eigenvalue weighted by atomic mass is 16.5. The van der Waals surface area contributed by atoms with Crippen molar-refractivity contribution in [1.82, 2.24) is 20.0 Å². The molecule has 4 aromatic rings. The number of aromatic nitrogens is 4. The Labute approximate surface area is 163 Å². The first-order chi connectivity index (χ1) is 13.7. The minimum absolute atomic E-state index is 0.449. The molecule has 0 aliphatic rings. The van der Waals surface area contributed by atoms with E-state index in [9.17, 15) is 0 Å². The van der Waals surface area contributed by atoms with Gasteiger partial charge < -0.3 is 10.5 Å². The van der Waals surface area contributed by atoms with Crippen molar-refractivity contribution in [3.05, 3.63) is 89.7 Å². The summed E-state index contributed by atoms with van der Waals surface area (Å²) in [7, 11) is 0. The molecule has 0 unspecified atom stereocenters. The Morgan fingerprint density at radius 2 is 1.82 bits per heavy atom. The summed E-state index contributed by atoms with van der Waals surface area (Å²) in [5.41, 5.74) is 10.9. The number of hydrogen-bond donors (Lipinski definition) is 1. The number of hydrogen-bond acceptors (Lipinski definition) is 5. The van der Waals surface area contributed by atoms with Crippen LogP contribution in [-0.2, 0) is 13.2 Å². The minimum Gasteiger partial charge on any atom is -0.489 e. The number of nitrogens with two attached hydrogens (primary N) is 1. The van der Waals surface area contributed by atoms with E-state index in [1.165, 1.54) is 11.1 Å². The van der Waals surface area contributed by atoms with E-state index >= 15 is 0 Å². The van der Waals surface area contributed by atoms with E-state index in [-0.39, 0.29) is 0 Å².